The van der Waals surface area contributed by atoms with Gasteiger partial charge in [-0.2, -0.15) is 0 Å². The van der Waals surface area contributed by atoms with Gasteiger partial charge in [0.15, 0.2) is 0 Å². The molecule has 1 saturated heterocycles. The summed E-state index contributed by atoms with van der Waals surface area (Å²) >= 11 is 0. The van der Waals surface area contributed by atoms with E-state index in [2.05, 4.69) is 73.8 Å². The Hall–Kier alpha value is -2.82. The molecule has 4 rings (SSSR count). The Bertz CT molecular complexity index is 1070. The predicted molar refractivity (Wildman–Crippen MR) is 128 cm³/mol. The number of aryl methyl sites for hydroxylation is 2. The van der Waals surface area contributed by atoms with E-state index in [1.165, 1.54) is 22.2 Å². The Morgan fingerprint density at radius 2 is 1.71 bits per heavy atom. The van der Waals surface area contributed by atoms with Gasteiger partial charge in [-0.15, -0.1) is 0 Å². The first kappa shape index (κ1) is 21.4. The number of aromatic nitrogens is 2. The Labute approximate surface area is 185 Å². The molecule has 31 heavy (non-hydrogen) atoms. The summed E-state index contributed by atoms with van der Waals surface area (Å²) in [5.74, 6) is 0.564. The lowest BCUT2D eigenvalue weighted by molar-refractivity contribution is 0.177. The van der Waals surface area contributed by atoms with Gasteiger partial charge in [0.05, 0.1) is 17.4 Å². The van der Waals surface area contributed by atoms with E-state index in [-0.39, 0.29) is 11.4 Å². The highest BCUT2D eigenvalue weighted by Gasteiger charge is 2.24. The number of anilines is 1. The van der Waals surface area contributed by atoms with Crippen molar-refractivity contribution in [3.63, 3.8) is 0 Å². The number of fused-ring (bicyclic) bond motifs is 1. The zero-order valence-electron chi connectivity index (χ0n) is 19.4. The summed E-state index contributed by atoms with van der Waals surface area (Å²) in [7, 11) is 0. The van der Waals surface area contributed by atoms with Gasteiger partial charge in [-0.25, -0.2) is 9.78 Å². The SMILES string of the molecule is Cc1cc2ncn(CC3CCN(C(=O)Nc4ccc(C(C)(C)C)cc4)CC3)c2cc1C. The number of carbonyl (C=O) groups excluding carboxylic acids is 1. The first-order valence-electron chi connectivity index (χ1n) is 11.3. The van der Waals surface area contributed by atoms with Crippen LogP contribution >= 0.6 is 0 Å². The summed E-state index contributed by atoms with van der Waals surface area (Å²) in [4.78, 5) is 19.2. The fourth-order valence-corrected chi connectivity index (χ4v) is 4.31. The highest BCUT2D eigenvalue weighted by Crippen LogP contribution is 2.25. The molecule has 5 nitrogen and oxygen atoms in total. The average Bonchev–Trinajstić information content (AvgIpc) is 3.10. The summed E-state index contributed by atoms with van der Waals surface area (Å²) in [6.07, 6.45) is 3.99. The van der Waals surface area contributed by atoms with Crippen molar-refractivity contribution in [1.29, 1.82) is 0 Å². The van der Waals surface area contributed by atoms with Crippen molar-refractivity contribution < 1.29 is 4.79 Å². The number of rotatable bonds is 3. The van der Waals surface area contributed by atoms with Crippen LogP contribution in [-0.2, 0) is 12.0 Å². The lowest BCUT2D eigenvalue weighted by Crippen LogP contribution is -2.41. The number of urea groups is 1. The van der Waals surface area contributed by atoms with Gasteiger partial charge in [0.25, 0.3) is 0 Å². The second-order valence-corrected chi connectivity index (χ2v) is 10.0. The summed E-state index contributed by atoms with van der Waals surface area (Å²) in [5, 5.41) is 3.06. The second kappa shape index (κ2) is 8.37. The highest BCUT2D eigenvalue weighted by molar-refractivity contribution is 5.89. The van der Waals surface area contributed by atoms with Crippen LogP contribution < -0.4 is 5.32 Å². The van der Waals surface area contributed by atoms with Crippen LogP contribution in [0, 0.1) is 19.8 Å². The zero-order valence-corrected chi connectivity index (χ0v) is 19.4. The summed E-state index contributed by atoms with van der Waals surface area (Å²) in [5.41, 5.74) is 7.10. The van der Waals surface area contributed by atoms with Gasteiger partial charge < -0.3 is 14.8 Å². The number of carbonyl (C=O) groups is 1. The van der Waals surface area contributed by atoms with Gasteiger partial charge in [0, 0.05) is 25.3 Å². The third kappa shape index (κ3) is 4.76. The highest BCUT2D eigenvalue weighted by atomic mass is 16.2. The maximum atomic E-state index is 12.7. The summed E-state index contributed by atoms with van der Waals surface area (Å²) in [6.45, 7) is 13.4. The quantitative estimate of drug-likeness (QED) is 0.576. The van der Waals surface area contributed by atoms with Crippen LogP contribution in [0.2, 0.25) is 0 Å². The first-order chi connectivity index (χ1) is 14.7. The molecule has 3 aromatic rings. The molecule has 0 radical (unpaired) electrons. The zero-order chi connectivity index (χ0) is 22.2. The molecule has 2 heterocycles. The minimum atomic E-state index is 0.00105. The molecule has 1 fully saturated rings. The molecule has 1 aliphatic heterocycles. The van der Waals surface area contributed by atoms with Gasteiger partial charge >= 0.3 is 6.03 Å². The summed E-state index contributed by atoms with van der Waals surface area (Å²) < 4.78 is 2.28. The Morgan fingerprint density at radius 3 is 2.35 bits per heavy atom. The number of piperidine rings is 1. The van der Waals surface area contributed by atoms with Crippen LogP contribution in [0.4, 0.5) is 10.5 Å². The van der Waals surface area contributed by atoms with Crippen molar-refractivity contribution >= 4 is 22.8 Å². The molecule has 1 aromatic heterocycles. The molecule has 1 aliphatic rings. The standard InChI is InChI=1S/C26H34N4O/c1-18-14-23-24(15-19(18)2)30(17-27-23)16-20-10-12-29(13-11-20)25(31)28-22-8-6-21(7-9-22)26(3,4)5/h6-9,14-15,17,20H,10-13,16H2,1-5H3,(H,28,31). The minimum Gasteiger partial charge on any atom is -0.330 e. The molecule has 0 unspecified atom stereocenters. The van der Waals surface area contributed by atoms with Crippen molar-refractivity contribution in [3.05, 3.63) is 59.4 Å². The maximum Gasteiger partial charge on any atom is 0.321 e. The number of benzene rings is 2. The van der Waals surface area contributed by atoms with Gasteiger partial charge in [0.2, 0.25) is 0 Å². The molecule has 164 valence electrons. The molecule has 0 aliphatic carbocycles. The first-order valence-corrected chi connectivity index (χ1v) is 11.3. The van der Waals surface area contributed by atoms with E-state index in [0.29, 0.717) is 5.92 Å². The van der Waals surface area contributed by atoms with Crippen LogP contribution in [0.25, 0.3) is 11.0 Å². The monoisotopic (exact) mass is 418 g/mol. The molecule has 0 spiro atoms. The Kier molecular flexibility index (Phi) is 5.78. The van der Waals surface area contributed by atoms with Crippen molar-refractivity contribution in [1.82, 2.24) is 14.5 Å². The number of imidazole rings is 1. The van der Waals surface area contributed by atoms with E-state index in [1.54, 1.807) is 0 Å². The van der Waals surface area contributed by atoms with E-state index in [1.807, 2.05) is 23.4 Å². The summed E-state index contributed by atoms with van der Waals surface area (Å²) in [6, 6.07) is 12.6. The molecular weight excluding hydrogens is 384 g/mol. The lowest BCUT2D eigenvalue weighted by atomic mass is 9.87. The molecule has 0 atom stereocenters. The smallest absolute Gasteiger partial charge is 0.321 e. The second-order valence-electron chi connectivity index (χ2n) is 10.0. The maximum absolute atomic E-state index is 12.7. The van der Waals surface area contributed by atoms with Crippen LogP contribution in [0.3, 0.4) is 0 Å². The average molecular weight is 419 g/mol. The third-order valence-corrected chi connectivity index (χ3v) is 6.60. The fraction of sp³-hybridized carbons (Fsp3) is 0.462. The van der Waals surface area contributed by atoms with Gasteiger partial charge in [-0.1, -0.05) is 32.9 Å². The van der Waals surface area contributed by atoms with Crippen LogP contribution in [0.1, 0.15) is 50.3 Å². The normalized spacial score (nSPS) is 15.5. The van der Waals surface area contributed by atoms with E-state index in [0.717, 1.165) is 43.7 Å². The number of nitrogens with one attached hydrogen (secondary N) is 1. The minimum absolute atomic E-state index is 0.00105. The van der Waals surface area contributed by atoms with Crippen molar-refractivity contribution in [2.75, 3.05) is 18.4 Å². The Morgan fingerprint density at radius 1 is 1.06 bits per heavy atom. The van der Waals surface area contributed by atoms with E-state index >= 15 is 0 Å². The molecule has 2 aromatic carbocycles. The van der Waals surface area contributed by atoms with Crippen LogP contribution in [0.5, 0.6) is 0 Å². The molecule has 0 saturated carbocycles. The number of likely N-dealkylation sites (tertiary alicyclic amines) is 1. The Balaban J connectivity index is 1.32. The largest absolute Gasteiger partial charge is 0.330 e. The fourth-order valence-electron chi connectivity index (χ4n) is 4.31. The predicted octanol–water partition coefficient (Wildman–Crippen LogP) is 5.89. The molecule has 1 N–H and O–H groups in total. The molecule has 2 amide bonds. The van der Waals surface area contributed by atoms with Crippen LogP contribution in [-0.4, -0.2) is 33.6 Å². The van der Waals surface area contributed by atoms with Gasteiger partial charge in [-0.05, 0) is 79.0 Å². The van der Waals surface area contributed by atoms with Crippen molar-refractivity contribution in [3.8, 4) is 0 Å². The van der Waals surface area contributed by atoms with Gasteiger partial charge in [-0.3, -0.25) is 0 Å². The molecule has 5 heteroatoms. The number of nitrogens with zero attached hydrogens (tertiary/aromatic N) is 3. The van der Waals surface area contributed by atoms with Crippen LogP contribution in [0.15, 0.2) is 42.7 Å². The lowest BCUT2D eigenvalue weighted by Gasteiger charge is -2.32. The van der Waals surface area contributed by atoms with Crippen molar-refractivity contribution in [2.45, 2.75) is 59.4 Å². The third-order valence-electron chi connectivity index (χ3n) is 6.60. The number of amides is 2. The van der Waals surface area contributed by atoms with Gasteiger partial charge in [0.1, 0.15) is 0 Å². The molecule has 0 bridgehead atoms. The van der Waals surface area contributed by atoms with E-state index in [9.17, 15) is 4.79 Å². The van der Waals surface area contributed by atoms with E-state index in [4.69, 9.17) is 0 Å². The van der Waals surface area contributed by atoms with Crippen molar-refractivity contribution in [2.24, 2.45) is 5.92 Å². The number of hydrogen-bond acceptors (Lipinski definition) is 2. The molecular formula is C26H34N4O. The number of hydrogen-bond donors (Lipinski definition) is 1. The topological polar surface area (TPSA) is 50.2 Å². The van der Waals surface area contributed by atoms with E-state index < -0.39 is 0 Å².